The van der Waals surface area contributed by atoms with E-state index in [-0.39, 0.29) is 12.3 Å². The number of benzene rings is 1. The van der Waals surface area contributed by atoms with Crippen LogP contribution < -0.4 is 14.8 Å². The van der Waals surface area contributed by atoms with Crippen molar-refractivity contribution in [1.82, 2.24) is 4.98 Å². The standard InChI is InChI=1S/C14H15ClN2O3S/c1-8-16-9(7-21-8)4-14(18)17-11-5-10(15)12(19-2)6-13(11)20-3/h5-7H,4H2,1-3H3,(H,17,18). The zero-order valence-electron chi connectivity index (χ0n) is 11.9. The summed E-state index contributed by atoms with van der Waals surface area (Å²) < 4.78 is 10.3. The number of amides is 1. The molecular weight excluding hydrogens is 312 g/mol. The SMILES string of the molecule is COc1cc(OC)c(NC(=O)Cc2csc(C)n2)cc1Cl. The van der Waals surface area contributed by atoms with Gasteiger partial charge in [-0.1, -0.05) is 11.6 Å². The van der Waals surface area contributed by atoms with Crippen LogP contribution in [0.2, 0.25) is 5.02 Å². The average molecular weight is 327 g/mol. The molecule has 7 heteroatoms. The molecule has 21 heavy (non-hydrogen) atoms. The highest BCUT2D eigenvalue weighted by Crippen LogP contribution is 2.35. The van der Waals surface area contributed by atoms with Gasteiger partial charge in [0.05, 0.1) is 42.1 Å². The van der Waals surface area contributed by atoms with Crippen LogP contribution in [0.4, 0.5) is 5.69 Å². The number of halogens is 1. The van der Waals surface area contributed by atoms with Gasteiger partial charge >= 0.3 is 0 Å². The fraction of sp³-hybridized carbons (Fsp3) is 0.286. The number of aromatic nitrogens is 1. The number of hydrogen-bond donors (Lipinski definition) is 1. The van der Waals surface area contributed by atoms with Crippen LogP contribution in [0.25, 0.3) is 0 Å². The van der Waals surface area contributed by atoms with E-state index in [1.807, 2.05) is 12.3 Å². The lowest BCUT2D eigenvalue weighted by Crippen LogP contribution is -2.15. The number of ether oxygens (including phenoxy) is 2. The quantitative estimate of drug-likeness (QED) is 0.915. The van der Waals surface area contributed by atoms with Crippen LogP contribution in [0, 0.1) is 6.92 Å². The fourth-order valence-electron chi connectivity index (χ4n) is 1.81. The molecule has 0 aliphatic rings. The van der Waals surface area contributed by atoms with Crippen LogP contribution in [-0.2, 0) is 11.2 Å². The molecule has 1 N–H and O–H groups in total. The van der Waals surface area contributed by atoms with Gasteiger partial charge in [-0.25, -0.2) is 4.98 Å². The van der Waals surface area contributed by atoms with E-state index < -0.39 is 0 Å². The van der Waals surface area contributed by atoms with Crippen molar-refractivity contribution in [2.24, 2.45) is 0 Å². The van der Waals surface area contributed by atoms with Gasteiger partial charge in [0, 0.05) is 11.4 Å². The zero-order valence-corrected chi connectivity index (χ0v) is 13.5. The molecule has 0 spiro atoms. The Morgan fingerprint density at radius 2 is 2.05 bits per heavy atom. The summed E-state index contributed by atoms with van der Waals surface area (Å²) in [7, 11) is 3.03. The van der Waals surface area contributed by atoms with E-state index in [1.54, 1.807) is 12.1 Å². The third kappa shape index (κ3) is 3.86. The Kier molecular flexibility index (Phi) is 5.03. The summed E-state index contributed by atoms with van der Waals surface area (Å²) in [5, 5.41) is 5.97. The molecule has 112 valence electrons. The van der Waals surface area contributed by atoms with Crippen molar-refractivity contribution in [3.8, 4) is 11.5 Å². The number of anilines is 1. The first kappa shape index (κ1) is 15.6. The van der Waals surface area contributed by atoms with E-state index in [0.717, 1.165) is 10.7 Å². The number of nitrogens with zero attached hydrogens (tertiary/aromatic N) is 1. The summed E-state index contributed by atoms with van der Waals surface area (Å²) >= 11 is 7.58. The molecular formula is C14H15ClN2O3S. The molecule has 0 saturated carbocycles. The van der Waals surface area contributed by atoms with E-state index in [2.05, 4.69) is 10.3 Å². The second-order valence-corrected chi connectivity index (χ2v) is 5.74. The van der Waals surface area contributed by atoms with Gasteiger partial charge in [0.25, 0.3) is 0 Å². The Hall–Kier alpha value is -1.79. The maximum Gasteiger partial charge on any atom is 0.230 e. The first-order chi connectivity index (χ1) is 10.0. The number of carbonyl (C=O) groups is 1. The lowest BCUT2D eigenvalue weighted by atomic mass is 10.2. The molecule has 2 rings (SSSR count). The van der Waals surface area contributed by atoms with Crippen molar-refractivity contribution >= 4 is 34.5 Å². The van der Waals surface area contributed by atoms with E-state index in [9.17, 15) is 4.79 Å². The van der Waals surface area contributed by atoms with Gasteiger partial charge in [-0.15, -0.1) is 11.3 Å². The van der Waals surface area contributed by atoms with Crippen LogP contribution in [0.15, 0.2) is 17.5 Å². The minimum Gasteiger partial charge on any atom is -0.495 e. The van der Waals surface area contributed by atoms with Crippen molar-refractivity contribution in [2.75, 3.05) is 19.5 Å². The monoisotopic (exact) mass is 326 g/mol. The summed E-state index contributed by atoms with van der Waals surface area (Å²) in [6, 6.07) is 3.23. The molecule has 0 fully saturated rings. The van der Waals surface area contributed by atoms with Crippen molar-refractivity contribution in [1.29, 1.82) is 0 Å². The van der Waals surface area contributed by atoms with Gasteiger partial charge in [0.2, 0.25) is 5.91 Å². The number of nitrogens with one attached hydrogen (secondary N) is 1. The minimum atomic E-state index is -0.181. The summed E-state index contributed by atoms with van der Waals surface area (Å²) in [5.41, 5.74) is 1.24. The summed E-state index contributed by atoms with van der Waals surface area (Å²) in [5.74, 6) is 0.792. The normalized spacial score (nSPS) is 10.3. The first-order valence-electron chi connectivity index (χ1n) is 6.16. The van der Waals surface area contributed by atoms with Crippen molar-refractivity contribution in [3.05, 3.63) is 33.2 Å². The number of methoxy groups -OCH3 is 2. The third-order valence-electron chi connectivity index (χ3n) is 2.76. The highest BCUT2D eigenvalue weighted by molar-refractivity contribution is 7.09. The van der Waals surface area contributed by atoms with Crippen LogP contribution in [0.1, 0.15) is 10.7 Å². The highest BCUT2D eigenvalue weighted by Gasteiger charge is 2.13. The van der Waals surface area contributed by atoms with Gasteiger partial charge in [0.15, 0.2) is 0 Å². The van der Waals surface area contributed by atoms with Gasteiger partial charge in [-0.2, -0.15) is 0 Å². The molecule has 0 aliphatic heterocycles. The second kappa shape index (κ2) is 6.78. The summed E-state index contributed by atoms with van der Waals surface area (Å²) in [4.78, 5) is 16.3. The summed E-state index contributed by atoms with van der Waals surface area (Å²) in [6.07, 6.45) is 0.205. The Balaban J connectivity index is 2.14. The van der Waals surface area contributed by atoms with Crippen LogP contribution >= 0.6 is 22.9 Å². The smallest absolute Gasteiger partial charge is 0.230 e. The van der Waals surface area contributed by atoms with Crippen LogP contribution in [0.5, 0.6) is 11.5 Å². The lowest BCUT2D eigenvalue weighted by Gasteiger charge is -2.12. The van der Waals surface area contributed by atoms with Gasteiger partial charge in [-0.05, 0) is 13.0 Å². The van der Waals surface area contributed by atoms with Crippen LogP contribution in [-0.4, -0.2) is 25.1 Å². The molecule has 0 aliphatic carbocycles. The molecule has 2 aromatic rings. The average Bonchev–Trinajstić information content (AvgIpc) is 2.84. The predicted octanol–water partition coefficient (Wildman–Crippen LogP) is 3.30. The predicted molar refractivity (Wildman–Crippen MR) is 83.7 cm³/mol. The maximum absolute atomic E-state index is 12.0. The molecule has 0 saturated heterocycles. The third-order valence-corrected chi connectivity index (χ3v) is 3.87. The fourth-order valence-corrected chi connectivity index (χ4v) is 2.66. The topological polar surface area (TPSA) is 60.5 Å². The molecule has 0 unspecified atom stereocenters. The largest absolute Gasteiger partial charge is 0.495 e. The molecule has 0 radical (unpaired) electrons. The van der Waals surface area contributed by atoms with E-state index >= 15 is 0 Å². The number of aryl methyl sites for hydroxylation is 1. The van der Waals surface area contributed by atoms with Crippen molar-refractivity contribution < 1.29 is 14.3 Å². The van der Waals surface area contributed by atoms with E-state index in [4.69, 9.17) is 21.1 Å². The number of hydrogen-bond acceptors (Lipinski definition) is 5. The summed E-state index contributed by atoms with van der Waals surface area (Å²) in [6.45, 7) is 1.90. The Morgan fingerprint density at radius 1 is 1.33 bits per heavy atom. The number of rotatable bonds is 5. The number of thiazole rings is 1. The molecule has 1 aromatic heterocycles. The molecule has 1 heterocycles. The Labute approximate surface area is 131 Å². The van der Waals surface area contributed by atoms with Crippen LogP contribution in [0.3, 0.4) is 0 Å². The van der Waals surface area contributed by atoms with Gasteiger partial charge in [-0.3, -0.25) is 4.79 Å². The Bertz CT molecular complexity index is 658. The van der Waals surface area contributed by atoms with E-state index in [0.29, 0.717) is 22.2 Å². The minimum absolute atomic E-state index is 0.181. The van der Waals surface area contributed by atoms with Crippen molar-refractivity contribution in [3.63, 3.8) is 0 Å². The van der Waals surface area contributed by atoms with Gasteiger partial charge in [0.1, 0.15) is 11.5 Å². The number of carbonyl (C=O) groups excluding carboxylic acids is 1. The maximum atomic E-state index is 12.0. The molecule has 0 bridgehead atoms. The zero-order chi connectivity index (χ0) is 15.4. The van der Waals surface area contributed by atoms with E-state index in [1.165, 1.54) is 25.6 Å². The second-order valence-electron chi connectivity index (χ2n) is 4.27. The molecule has 5 nitrogen and oxygen atoms in total. The van der Waals surface area contributed by atoms with Crippen molar-refractivity contribution in [2.45, 2.75) is 13.3 Å². The molecule has 1 aromatic carbocycles. The molecule has 0 atom stereocenters. The Morgan fingerprint density at radius 3 is 2.62 bits per heavy atom. The lowest BCUT2D eigenvalue weighted by molar-refractivity contribution is -0.115. The molecule has 1 amide bonds. The first-order valence-corrected chi connectivity index (χ1v) is 7.41. The van der Waals surface area contributed by atoms with Gasteiger partial charge < -0.3 is 14.8 Å². The highest BCUT2D eigenvalue weighted by atomic mass is 35.5.